The zero-order valence-electron chi connectivity index (χ0n) is 4.75. The molecule has 3 heteroatoms. The molecule has 0 aliphatic carbocycles. The minimum Gasteiger partial charge on any atom is -0.512 e. The monoisotopic (exact) mass is 158 g/mol. The van der Waals surface area contributed by atoms with E-state index in [1.807, 2.05) is 0 Å². The Labute approximate surface area is 58.5 Å². The maximum absolute atomic E-state index is 10.0. The van der Waals surface area contributed by atoms with Gasteiger partial charge in [0.05, 0.1) is 5.76 Å². The van der Waals surface area contributed by atoms with Gasteiger partial charge in [-0.2, -0.15) is 0 Å². The Morgan fingerprint density at radius 1 is 1.50 bits per heavy atom. The third kappa shape index (κ3) is 9.20. The summed E-state index contributed by atoms with van der Waals surface area (Å²) in [6.45, 7) is 2.85. The molecule has 8 heavy (non-hydrogen) atoms. The number of aliphatic hydroxyl groups is 1. The predicted octanol–water partition coefficient (Wildman–Crippen LogP) is 1.03. The van der Waals surface area contributed by atoms with Crippen LogP contribution in [0.25, 0.3) is 0 Å². The molecule has 50 valence electrons. The molecule has 0 spiro atoms. The maximum Gasteiger partial charge on any atom is 0.155 e. The van der Waals surface area contributed by atoms with Crippen LogP contribution in [-0.4, -0.2) is 10.9 Å². The van der Waals surface area contributed by atoms with Gasteiger partial charge in [-0.25, -0.2) is 0 Å². The van der Waals surface area contributed by atoms with Gasteiger partial charge in [-0.3, -0.25) is 4.79 Å². The number of rotatable bonds is 1. The smallest absolute Gasteiger partial charge is 0.155 e. The summed E-state index contributed by atoms with van der Waals surface area (Å²) in [5, 5.41) is 8.36. The van der Waals surface area contributed by atoms with Gasteiger partial charge in [0.1, 0.15) is 0 Å². The van der Waals surface area contributed by atoms with E-state index in [0.717, 1.165) is 0 Å². The van der Waals surface area contributed by atoms with E-state index in [2.05, 4.69) is 0 Å². The Morgan fingerprint density at radius 2 is 1.88 bits per heavy atom. The molecule has 0 aromatic heterocycles. The molecule has 0 aliphatic heterocycles. The average molecular weight is 159 g/mol. The van der Waals surface area contributed by atoms with E-state index in [9.17, 15) is 4.79 Å². The van der Waals surface area contributed by atoms with Crippen molar-refractivity contribution >= 4 is 5.78 Å². The molecule has 0 radical (unpaired) electrons. The molecule has 0 bridgehead atoms. The number of carbonyl (C=O) groups is 1. The molecule has 2 nitrogen and oxygen atoms in total. The van der Waals surface area contributed by atoms with E-state index in [1.165, 1.54) is 19.9 Å². The first-order valence-electron chi connectivity index (χ1n) is 2.01. The third-order valence-corrected chi connectivity index (χ3v) is 0.412. The Hall–Kier alpha value is -0.296. The van der Waals surface area contributed by atoms with E-state index in [0.29, 0.717) is 0 Å². The molecule has 0 heterocycles. The van der Waals surface area contributed by atoms with Gasteiger partial charge < -0.3 is 5.11 Å². The first kappa shape index (κ1) is 10.6. The van der Waals surface area contributed by atoms with Crippen LogP contribution in [0.5, 0.6) is 0 Å². The fourth-order valence-corrected chi connectivity index (χ4v) is 0.294. The first-order valence-corrected chi connectivity index (χ1v) is 2.01. The third-order valence-electron chi connectivity index (χ3n) is 0.412. The number of carbonyl (C=O) groups excluding carboxylic acids is 1. The van der Waals surface area contributed by atoms with Gasteiger partial charge in [-0.1, -0.05) is 0 Å². The molecular weight excluding hydrogens is 151 g/mol. The topological polar surface area (TPSA) is 37.3 Å². The minimum atomic E-state index is -0.125. The molecule has 0 aliphatic rings. The molecule has 0 rings (SSSR count). The van der Waals surface area contributed by atoms with Crippen molar-refractivity contribution in [2.24, 2.45) is 0 Å². The summed E-state index contributed by atoms with van der Waals surface area (Å²) in [5.41, 5.74) is 0. The van der Waals surface area contributed by atoms with Gasteiger partial charge in [0.25, 0.3) is 0 Å². The van der Waals surface area contributed by atoms with Crippen LogP contribution in [0.15, 0.2) is 11.8 Å². The Morgan fingerprint density at radius 3 is 1.88 bits per heavy atom. The quantitative estimate of drug-likeness (QED) is 0.352. The number of hydrogen-bond donors (Lipinski definition) is 1. The molecule has 0 atom stereocenters. The normalized spacial score (nSPS) is 10.0. The summed E-state index contributed by atoms with van der Waals surface area (Å²) < 4.78 is 0. The standard InChI is InChI=1S/C5H8O2.Ni/c1-4(6)3-5(2)7;/h3,6H,1-2H3;/b4-3-;. The fraction of sp³-hybridized carbons (Fsp3) is 0.400. The van der Waals surface area contributed by atoms with E-state index < -0.39 is 0 Å². The van der Waals surface area contributed by atoms with Crippen molar-refractivity contribution in [3.05, 3.63) is 11.8 Å². The Bertz CT molecular complexity index is 103. The van der Waals surface area contributed by atoms with E-state index in [1.54, 1.807) is 0 Å². The van der Waals surface area contributed by atoms with Gasteiger partial charge in [0.2, 0.25) is 0 Å². The molecule has 0 saturated carbocycles. The molecule has 1 N–H and O–H groups in total. The molecule has 0 fully saturated rings. The van der Waals surface area contributed by atoms with E-state index in [-0.39, 0.29) is 28.0 Å². The minimum absolute atomic E-state index is 0. The molecule has 0 aromatic rings. The molecule has 0 amide bonds. The Kier molecular flexibility index (Phi) is 6.46. The maximum atomic E-state index is 10.0. The van der Waals surface area contributed by atoms with Gasteiger partial charge in [-0.05, 0) is 13.8 Å². The van der Waals surface area contributed by atoms with Crippen LogP contribution in [0.3, 0.4) is 0 Å². The SMILES string of the molecule is CC(=O)/C=C(/C)O.[Ni]. The van der Waals surface area contributed by atoms with Crippen molar-refractivity contribution in [3.8, 4) is 0 Å². The predicted molar refractivity (Wildman–Crippen MR) is 27.1 cm³/mol. The van der Waals surface area contributed by atoms with Crippen LogP contribution in [0, 0.1) is 0 Å². The van der Waals surface area contributed by atoms with Crippen LogP contribution in [-0.2, 0) is 21.3 Å². The van der Waals surface area contributed by atoms with Crippen molar-refractivity contribution in [1.29, 1.82) is 0 Å². The van der Waals surface area contributed by atoms with Crippen LogP contribution < -0.4 is 0 Å². The number of allylic oxidation sites excluding steroid dienone is 2. The summed E-state index contributed by atoms with van der Waals surface area (Å²) in [6, 6.07) is 0. The number of hydrogen-bond acceptors (Lipinski definition) is 2. The molecule has 0 unspecified atom stereocenters. The first-order chi connectivity index (χ1) is 3.13. The van der Waals surface area contributed by atoms with Crippen LogP contribution in [0.1, 0.15) is 13.8 Å². The van der Waals surface area contributed by atoms with Crippen molar-refractivity contribution < 1.29 is 26.4 Å². The zero-order valence-corrected chi connectivity index (χ0v) is 5.74. The van der Waals surface area contributed by atoms with Crippen LogP contribution in [0.4, 0.5) is 0 Å². The second-order valence-corrected chi connectivity index (χ2v) is 1.40. The summed E-state index contributed by atoms with van der Waals surface area (Å²) >= 11 is 0. The summed E-state index contributed by atoms with van der Waals surface area (Å²) in [7, 11) is 0. The number of ketones is 1. The molecule has 0 aromatic carbocycles. The van der Waals surface area contributed by atoms with E-state index >= 15 is 0 Å². The number of aliphatic hydroxyl groups excluding tert-OH is 1. The van der Waals surface area contributed by atoms with Gasteiger partial charge in [0.15, 0.2) is 5.78 Å². The largest absolute Gasteiger partial charge is 0.512 e. The summed E-state index contributed by atoms with van der Waals surface area (Å²) in [5.74, 6) is -0.0625. The second kappa shape index (κ2) is 4.85. The van der Waals surface area contributed by atoms with Gasteiger partial charge >= 0.3 is 0 Å². The molecular formula is C5H8NiO2. The fourth-order valence-electron chi connectivity index (χ4n) is 0.294. The van der Waals surface area contributed by atoms with Crippen molar-refractivity contribution in [3.63, 3.8) is 0 Å². The summed E-state index contributed by atoms with van der Waals surface area (Å²) in [6.07, 6.45) is 1.17. The summed E-state index contributed by atoms with van der Waals surface area (Å²) in [4.78, 5) is 10.0. The Balaban J connectivity index is 0. The average Bonchev–Trinajstić information content (AvgIpc) is 1.27. The van der Waals surface area contributed by atoms with Crippen LogP contribution in [0.2, 0.25) is 0 Å². The van der Waals surface area contributed by atoms with Gasteiger partial charge in [-0.15, -0.1) is 0 Å². The van der Waals surface area contributed by atoms with Crippen molar-refractivity contribution in [2.75, 3.05) is 0 Å². The van der Waals surface area contributed by atoms with Crippen molar-refractivity contribution in [2.45, 2.75) is 13.8 Å². The zero-order chi connectivity index (χ0) is 5.86. The van der Waals surface area contributed by atoms with Gasteiger partial charge in [0, 0.05) is 22.6 Å². The van der Waals surface area contributed by atoms with Crippen LogP contribution >= 0.6 is 0 Å². The van der Waals surface area contributed by atoms with E-state index in [4.69, 9.17) is 5.11 Å². The second-order valence-electron chi connectivity index (χ2n) is 1.40. The van der Waals surface area contributed by atoms with Crippen molar-refractivity contribution in [1.82, 2.24) is 0 Å². The molecule has 0 saturated heterocycles.